The first-order valence-corrected chi connectivity index (χ1v) is 7.85. The van der Waals surface area contributed by atoms with Crippen molar-refractivity contribution in [2.45, 2.75) is 76.5 Å². The molecule has 0 aromatic carbocycles. The second kappa shape index (κ2) is 8.13. The van der Waals surface area contributed by atoms with Gasteiger partial charge >= 0.3 is 0 Å². The van der Waals surface area contributed by atoms with Gasteiger partial charge in [-0.2, -0.15) is 0 Å². The molecule has 3 nitrogen and oxygen atoms in total. The Morgan fingerprint density at radius 3 is 2.44 bits per heavy atom. The molecule has 1 N–H and O–H groups in total. The zero-order chi connectivity index (χ0) is 12.6. The summed E-state index contributed by atoms with van der Waals surface area (Å²) in [6.07, 6.45) is 10.9. The first-order chi connectivity index (χ1) is 8.88. The molecule has 2 saturated heterocycles. The third-order valence-electron chi connectivity index (χ3n) is 4.12. The molecule has 0 amide bonds. The fourth-order valence-electron chi connectivity index (χ4n) is 3.06. The Kier molecular flexibility index (Phi) is 6.46. The van der Waals surface area contributed by atoms with Crippen LogP contribution >= 0.6 is 0 Å². The van der Waals surface area contributed by atoms with E-state index in [-0.39, 0.29) is 0 Å². The van der Waals surface area contributed by atoms with Crippen molar-refractivity contribution in [2.24, 2.45) is 0 Å². The second-order valence-corrected chi connectivity index (χ2v) is 5.73. The first-order valence-electron chi connectivity index (χ1n) is 7.85. The van der Waals surface area contributed by atoms with Gasteiger partial charge in [0.25, 0.3) is 0 Å². The minimum Gasteiger partial charge on any atom is -0.378 e. The summed E-state index contributed by atoms with van der Waals surface area (Å²) in [6.45, 7) is 5.31. The van der Waals surface area contributed by atoms with Crippen molar-refractivity contribution in [3.63, 3.8) is 0 Å². The summed E-state index contributed by atoms with van der Waals surface area (Å²) >= 11 is 0. The van der Waals surface area contributed by atoms with Gasteiger partial charge in [0.1, 0.15) is 0 Å². The van der Waals surface area contributed by atoms with Crippen LogP contribution < -0.4 is 5.32 Å². The highest BCUT2D eigenvalue weighted by Crippen LogP contribution is 2.22. The summed E-state index contributed by atoms with van der Waals surface area (Å²) in [7, 11) is 0. The predicted molar refractivity (Wildman–Crippen MR) is 73.9 cm³/mol. The van der Waals surface area contributed by atoms with Crippen molar-refractivity contribution in [3.05, 3.63) is 0 Å². The van der Waals surface area contributed by atoms with E-state index in [9.17, 15) is 0 Å². The molecule has 2 aliphatic rings. The lowest BCUT2D eigenvalue weighted by Gasteiger charge is -2.23. The molecule has 0 spiro atoms. The van der Waals surface area contributed by atoms with Crippen molar-refractivity contribution < 1.29 is 9.47 Å². The molecule has 2 aliphatic heterocycles. The SMILES string of the molecule is CCCNC(CCC1CCCO1)CC1CCCO1. The van der Waals surface area contributed by atoms with E-state index >= 15 is 0 Å². The van der Waals surface area contributed by atoms with Crippen molar-refractivity contribution in [2.75, 3.05) is 19.8 Å². The molecule has 0 aromatic rings. The van der Waals surface area contributed by atoms with Gasteiger partial charge in [-0.15, -0.1) is 0 Å². The standard InChI is InChI=1S/C15H29NO2/c1-2-9-16-13(12-15-6-4-11-18-15)7-8-14-5-3-10-17-14/h13-16H,2-12H2,1H3. The van der Waals surface area contributed by atoms with Crippen molar-refractivity contribution in [3.8, 4) is 0 Å². The summed E-state index contributed by atoms with van der Waals surface area (Å²) in [4.78, 5) is 0. The number of ether oxygens (including phenoxy) is 2. The van der Waals surface area contributed by atoms with Gasteiger partial charge in [0.05, 0.1) is 12.2 Å². The summed E-state index contributed by atoms with van der Waals surface area (Å²) in [5.74, 6) is 0. The molecule has 0 saturated carbocycles. The lowest BCUT2D eigenvalue weighted by Crippen LogP contribution is -2.34. The van der Waals surface area contributed by atoms with Gasteiger partial charge in [0.15, 0.2) is 0 Å². The maximum atomic E-state index is 5.76. The summed E-state index contributed by atoms with van der Waals surface area (Å²) in [5, 5.41) is 3.68. The summed E-state index contributed by atoms with van der Waals surface area (Å²) in [6, 6.07) is 0.622. The van der Waals surface area contributed by atoms with E-state index < -0.39 is 0 Å². The Balaban J connectivity index is 1.68. The third-order valence-corrected chi connectivity index (χ3v) is 4.12. The van der Waals surface area contributed by atoms with Crippen molar-refractivity contribution >= 4 is 0 Å². The van der Waals surface area contributed by atoms with Crippen LogP contribution in [-0.4, -0.2) is 38.0 Å². The van der Waals surface area contributed by atoms with E-state index in [1.807, 2.05) is 0 Å². The minimum atomic E-state index is 0.504. The molecule has 0 aromatic heterocycles. The predicted octanol–water partition coefficient (Wildman–Crippen LogP) is 2.88. The average Bonchev–Trinajstić information content (AvgIpc) is 3.05. The van der Waals surface area contributed by atoms with Crippen LogP contribution in [-0.2, 0) is 9.47 Å². The molecule has 2 heterocycles. The molecule has 0 aliphatic carbocycles. The third kappa shape index (κ3) is 4.87. The van der Waals surface area contributed by atoms with E-state index in [4.69, 9.17) is 9.47 Å². The molecule has 3 atom stereocenters. The highest BCUT2D eigenvalue weighted by atomic mass is 16.5. The minimum absolute atomic E-state index is 0.504. The highest BCUT2D eigenvalue weighted by Gasteiger charge is 2.22. The molecule has 106 valence electrons. The van der Waals surface area contributed by atoms with Crippen LogP contribution in [0.15, 0.2) is 0 Å². The fraction of sp³-hybridized carbons (Fsp3) is 1.00. The Hall–Kier alpha value is -0.120. The molecule has 0 bridgehead atoms. The van der Waals surface area contributed by atoms with Crippen LogP contribution in [0.1, 0.15) is 58.3 Å². The van der Waals surface area contributed by atoms with E-state index in [0.29, 0.717) is 18.2 Å². The van der Waals surface area contributed by atoms with Crippen LogP contribution in [0.4, 0.5) is 0 Å². The molecule has 0 radical (unpaired) electrons. The number of hydrogen-bond donors (Lipinski definition) is 1. The largest absolute Gasteiger partial charge is 0.378 e. The molecular formula is C15H29NO2. The zero-order valence-electron chi connectivity index (χ0n) is 11.8. The van der Waals surface area contributed by atoms with Gasteiger partial charge in [-0.1, -0.05) is 6.92 Å². The Morgan fingerprint density at radius 2 is 1.83 bits per heavy atom. The van der Waals surface area contributed by atoms with Crippen LogP contribution in [0, 0.1) is 0 Å². The van der Waals surface area contributed by atoms with E-state index in [1.54, 1.807) is 0 Å². The molecule has 18 heavy (non-hydrogen) atoms. The Bertz CT molecular complexity index is 211. The zero-order valence-corrected chi connectivity index (χ0v) is 11.8. The summed E-state index contributed by atoms with van der Waals surface area (Å²) in [5.41, 5.74) is 0. The van der Waals surface area contributed by atoms with Crippen LogP contribution in [0.3, 0.4) is 0 Å². The van der Waals surface area contributed by atoms with Gasteiger partial charge in [0, 0.05) is 19.3 Å². The van der Waals surface area contributed by atoms with E-state index in [0.717, 1.165) is 19.8 Å². The number of hydrogen-bond acceptors (Lipinski definition) is 3. The smallest absolute Gasteiger partial charge is 0.0590 e. The van der Waals surface area contributed by atoms with Crippen molar-refractivity contribution in [1.82, 2.24) is 5.32 Å². The summed E-state index contributed by atoms with van der Waals surface area (Å²) < 4.78 is 11.5. The second-order valence-electron chi connectivity index (χ2n) is 5.73. The van der Waals surface area contributed by atoms with Gasteiger partial charge in [-0.05, 0) is 57.9 Å². The Morgan fingerprint density at radius 1 is 1.11 bits per heavy atom. The van der Waals surface area contributed by atoms with E-state index in [1.165, 1.54) is 51.4 Å². The number of rotatable bonds is 8. The van der Waals surface area contributed by atoms with Gasteiger partial charge in [-0.25, -0.2) is 0 Å². The lowest BCUT2D eigenvalue weighted by atomic mass is 9.99. The van der Waals surface area contributed by atoms with Crippen molar-refractivity contribution in [1.29, 1.82) is 0 Å². The van der Waals surface area contributed by atoms with Gasteiger partial charge in [0.2, 0.25) is 0 Å². The van der Waals surface area contributed by atoms with Crippen LogP contribution in [0.5, 0.6) is 0 Å². The average molecular weight is 255 g/mol. The first kappa shape index (κ1) is 14.3. The fourth-order valence-corrected chi connectivity index (χ4v) is 3.06. The van der Waals surface area contributed by atoms with Crippen LogP contribution in [0.25, 0.3) is 0 Å². The monoisotopic (exact) mass is 255 g/mol. The molecule has 2 fully saturated rings. The maximum Gasteiger partial charge on any atom is 0.0590 e. The topological polar surface area (TPSA) is 30.5 Å². The quantitative estimate of drug-likeness (QED) is 0.723. The number of nitrogens with one attached hydrogen (secondary N) is 1. The molecule has 3 heteroatoms. The normalized spacial score (nSPS) is 29.8. The lowest BCUT2D eigenvalue weighted by molar-refractivity contribution is 0.0816. The molecule has 3 unspecified atom stereocenters. The van der Waals surface area contributed by atoms with Gasteiger partial charge < -0.3 is 14.8 Å². The Labute approximate surface area is 112 Å². The molecular weight excluding hydrogens is 226 g/mol. The van der Waals surface area contributed by atoms with Gasteiger partial charge in [-0.3, -0.25) is 0 Å². The highest BCUT2D eigenvalue weighted by molar-refractivity contribution is 4.77. The molecule has 2 rings (SSSR count). The van der Waals surface area contributed by atoms with Crippen LogP contribution in [0.2, 0.25) is 0 Å². The van der Waals surface area contributed by atoms with E-state index in [2.05, 4.69) is 12.2 Å². The maximum absolute atomic E-state index is 5.76.